The second-order valence-corrected chi connectivity index (χ2v) is 6.41. The summed E-state index contributed by atoms with van der Waals surface area (Å²) in [7, 11) is 3.70. The zero-order valence-corrected chi connectivity index (χ0v) is 14.0. The van der Waals surface area contributed by atoms with Crippen LogP contribution in [-0.4, -0.2) is 51.0 Å². The lowest BCUT2D eigenvalue weighted by atomic mass is 9.95. The van der Waals surface area contributed by atoms with Gasteiger partial charge in [0, 0.05) is 25.3 Å². The van der Waals surface area contributed by atoms with E-state index in [1.807, 2.05) is 0 Å². The molecule has 7 nitrogen and oxygen atoms in total. The quantitative estimate of drug-likeness (QED) is 0.904. The van der Waals surface area contributed by atoms with Crippen molar-refractivity contribution in [1.29, 1.82) is 0 Å². The van der Waals surface area contributed by atoms with Gasteiger partial charge in [0.1, 0.15) is 6.10 Å². The highest BCUT2D eigenvalue weighted by atomic mass is 16.7. The average molecular weight is 334 g/mol. The van der Waals surface area contributed by atoms with Crippen molar-refractivity contribution < 1.29 is 23.7 Å². The van der Waals surface area contributed by atoms with E-state index in [9.17, 15) is 4.79 Å². The molecule has 1 aromatic rings. The summed E-state index contributed by atoms with van der Waals surface area (Å²) in [5.74, 6) is 1.74. The minimum Gasteiger partial charge on any atom is -0.492 e. The highest BCUT2D eigenvalue weighted by molar-refractivity contribution is 5.98. The lowest BCUT2D eigenvalue weighted by Crippen LogP contribution is -2.31. The van der Waals surface area contributed by atoms with Gasteiger partial charge in [-0.2, -0.15) is 0 Å². The smallest absolute Gasteiger partial charge is 0.253 e. The molecule has 4 rings (SSSR count). The van der Waals surface area contributed by atoms with Crippen molar-refractivity contribution in [3.05, 3.63) is 11.1 Å². The molecule has 0 unspecified atom stereocenters. The van der Waals surface area contributed by atoms with Crippen molar-refractivity contribution >= 4 is 11.6 Å². The highest BCUT2D eigenvalue weighted by Gasteiger charge is 2.34. The Kier molecular flexibility index (Phi) is 3.97. The summed E-state index contributed by atoms with van der Waals surface area (Å²) in [6, 6.07) is 0. The fraction of sp³-hybridized carbons (Fsp3) is 0.588. The Hall–Kier alpha value is -1.99. The fourth-order valence-corrected chi connectivity index (χ4v) is 3.63. The standard InChI is InChI=1S/C17H22N2O5/c1-19-6-5-10-11(8-19)14(21-2)16-15(23-9-24-16)13(10)18-17(20)12-4-3-7-22-12/h12H,3-9H2,1-2H3,(H,18,20)/t12-/m0/s1. The van der Waals surface area contributed by atoms with Gasteiger partial charge < -0.3 is 29.2 Å². The predicted molar refractivity (Wildman–Crippen MR) is 86.8 cm³/mol. The molecule has 0 aliphatic carbocycles. The molecule has 1 fully saturated rings. The van der Waals surface area contributed by atoms with Crippen LogP contribution < -0.4 is 19.5 Å². The molecule has 1 N–H and O–H groups in total. The number of benzene rings is 1. The molecule has 0 radical (unpaired) electrons. The Labute approximate surface area is 140 Å². The molecule has 3 aliphatic rings. The van der Waals surface area contributed by atoms with Gasteiger partial charge in [-0.15, -0.1) is 0 Å². The first-order valence-electron chi connectivity index (χ1n) is 8.31. The van der Waals surface area contributed by atoms with Crippen LogP contribution in [-0.2, 0) is 22.5 Å². The maximum absolute atomic E-state index is 12.5. The maximum atomic E-state index is 12.5. The number of nitrogens with one attached hydrogen (secondary N) is 1. The maximum Gasteiger partial charge on any atom is 0.253 e. The average Bonchev–Trinajstić information content (AvgIpc) is 3.26. The molecule has 0 aromatic heterocycles. The summed E-state index contributed by atoms with van der Waals surface area (Å²) in [4.78, 5) is 14.8. The van der Waals surface area contributed by atoms with Crippen LogP contribution >= 0.6 is 0 Å². The van der Waals surface area contributed by atoms with E-state index in [4.69, 9.17) is 18.9 Å². The number of methoxy groups -OCH3 is 1. The number of hydrogen-bond donors (Lipinski definition) is 1. The van der Waals surface area contributed by atoms with E-state index < -0.39 is 0 Å². The lowest BCUT2D eigenvalue weighted by Gasteiger charge is -2.29. The van der Waals surface area contributed by atoms with E-state index >= 15 is 0 Å². The van der Waals surface area contributed by atoms with E-state index in [0.717, 1.165) is 43.5 Å². The van der Waals surface area contributed by atoms with E-state index in [2.05, 4.69) is 17.3 Å². The number of nitrogens with zero attached hydrogens (tertiary/aromatic N) is 1. The second-order valence-electron chi connectivity index (χ2n) is 6.41. The van der Waals surface area contributed by atoms with Crippen molar-refractivity contribution in [2.45, 2.75) is 31.9 Å². The van der Waals surface area contributed by atoms with Gasteiger partial charge in [0.2, 0.25) is 12.5 Å². The fourth-order valence-electron chi connectivity index (χ4n) is 3.63. The largest absolute Gasteiger partial charge is 0.492 e. The lowest BCUT2D eigenvalue weighted by molar-refractivity contribution is -0.124. The third kappa shape index (κ3) is 2.48. The van der Waals surface area contributed by atoms with Gasteiger partial charge >= 0.3 is 0 Å². The molecule has 1 saturated heterocycles. The summed E-state index contributed by atoms with van der Waals surface area (Å²) in [5, 5.41) is 3.04. The second kappa shape index (κ2) is 6.14. The first kappa shape index (κ1) is 15.5. The molecular weight excluding hydrogens is 312 g/mol. The third-order valence-corrected chi connectivity index (χ3v) is 4.83. The van der Waals surface area contributed by atoms with Crippen LogP contribution in [0.2, 0.25) is 0 Å². The van der Waals surface area contributed by atoms with Crippen molar-refractivity contribution in [2.75, 3.05) is 39.4 Å². The topological polar surface area (TPSA) is 69.3 Å². The van der Waals surface area contributed by atoms with E-state index in [1.54, 1.807) is 7.11 Å². The number of likely N-dealkylation sites (N-methyl/N-ethyl adjacent to an activating group) is 1. The molecule has 1 amide bonds. The first-order valence-corrected chi connectivity index (χ1v) is 8.31. The monoisotopic (exact) mass is 334 g/mol. The van der Waals surface area contributed by atoms with Gasteiger partial charge in [0.15, 0.2) is 11.5 Å². The molecule has 3 heterocycles. The van der Waals surface area contributed by atoms with Crippen molar-refractivity contribution in [3.63, 3.8) is 0 Å². The van der Waals surface area contributed by atoms with Crippen LogP contribution in [0.1, 0.15) is 24.0 Å². The predicted octanol–water partition coefficient (Wildman–Crippen LogP) is 1.53. The van der Waals surface area contributed by atoms with Crippen LogP contribution in [0.3, 0.4) is 0 Å². The van der Waals surface area contributed by atoms with Crippen molar-refractivity contribution in [2.24, 2.45) is 0 Å². The Bertz CT molecular complexity index is 670. The SMILES string of the molecule is COc1c2c(c(NC(=O)[C@@H]3CCCO3)c3c1OCO3)CCN(C)C2. The number of amides is 1. The van der Waals surface area contributed by atoms with Gasteiger partial charge in [-0.1, -0.05) is 0 Å². The van der Waals surface area contributed by atoms with Crippen LogP contribution in [0.15, 0.2) is 0 Å². The Morgan fingerprint density at radius 1 is 1.29 bits per heavy atom. The summed E-state index contributed by atoms with van der Waals surface area (Å²) in [6.45, 7) is 2.44. The van der Waals surface area contributed by atoms with Gasteiger partial charge in [0.05, 0.1) is 12.8 Å². The van der Waals surface area contributed by atoms with Gasteiger partial charge in [0.25, 0.3) is 5.91 Å². The van der Waals surface area contributed by atoms with E-state index in [1.165, 1.54) is 0 Å². The highest BCUT2D eigenvalue weighted by Crippen LogP contribution is 2.52. The normalized spacial score (nSPS) is 22.3. The van der Waals surface area contributed by atoms with Crippen LogP contribution in [0, 0.1) is 0 Å². The number of anilines is 1. The molecule has 0 bridgehead atoms. The Balaban J connectivity index is 1.76. The third-order valence-electron chi connectivity index (χ3n) is 4.83. The van der Waals surface area contributed by atoms with Crippen molar-refractivity contribution in [1.82, 2.24) is 4.90 Å². The minimum absolute atomic E-state index is 0.114. The van der Waals surface area contributed by atoms with Crippen LogP contribution in [0.4, 0.5) is 5.69 Å². The van der Waals surface area contributed by atoms with E-state index in [-0.39, 0.29) is 18.8 Å². The van der Waals surface area contributed by atoms with Gasteiger partial charge in [-0.05, 0) is 31.9 Å². The number of carbonyl (C=O) groups is 1. The Morgan fingerprint density at radius 2 is 2.12 bits per heavy atom. The first-order chi connectivity index (χ1) is 11.7. The molecule has 1 atom stereocenters. The molecule has 0 spiro atoms. The number of rotatable bonds is 3. The number of ether oxygens (including phenoxy) is 4. The summed E-state index contributed by atoms with van der Waals surface area (Å²) in [6.07, 6.45) is 2.11. The van der Waals surface area contributed by atoms with Crippen molar-refractivity contribution in [3.8, 4) is 17.2 Å². The zero-order valence-electron chi connectivity index (χ0n) is 14.0. The summed E-state index contributed by atoms with van der Waals surface area (Å²) >= 11 is 0. The number of carbonyl (C=O) groups excluding carboxylic acids is 1. The molecule has 24 heavy (non-hydrogen) atoms. The minimum atomic E-state index is -0.382. The summed E-state index contributed by atoms with van der Waals surface area (Å²) < 4.78 is 22.4. The van der Waals surface area contributed by atoms with Gasteiger partial charge in [-0.25, -0.2) is 0 Å². The number of fused-ring (bicyclic) bond motifs is 2. The van der Waals surface area contributed by atoms with E-state index in [0.29, 0.717) is 29.5 Å². The molecule has 130 valence electrons. The molecule has 7 heteroatoms. The molecule has 3 aliphatic heterocycles. The Morgan fingerprint density at radius 3 is 2.88 bits per heavy atom. The molecule has 1 aromatic carbocycles. The summed E-state index contributed by atoms with van der Waals surface area (Å²) in [5.41, 5.74) is 2.84. The zero-order chi connectivity index (χ0) is 16.7. The molecular formula is C17H22N2O5. The van der Waals surface area contributed by atoms with Crippen LogP contribution in [0.5, 0.6) is 17.2 Å². The number of hydrogen-bond acceptors (Lipinski definition) is 6. The van der Waals surface area contributed by atoms with Gasteiger partial charge in [-0.3, -0.25) is 4.79 Å². The van der Waals surface area contributed by atoms with Crippen LogP contribution in [0.25, 0.3) is 0 Å². The molecule has 0 saturated carbocycles.